The Hall–Kier alpha value is -1.83. The molecular weight excluding hydrogens is 314 g/mol. The van der Waals surface area contributed by atoms with Crippen molar-refractivity contribution in [2.24, 2.45) is 0 Å². The maximum Gasteiger partial charge on any atom is 0.268 e. The molecule has 23 heavy (non-hydrogen) atoms. The van der Waals surface area contributed by atoms with Gasteiger partial charge in [0, 0.05) is 13.0 Å². The fourth-order valence-electron chi connectivity index (χ4n) is 2.83. The minimum atomic E-state index is -0.138. The summed E-state index contributed by atoms with van der Waals surface area (Å²) in [5.74, 6) is 1.25. The number of carbonyl (C=O) groups is 1. The molecule has 0 bridgehead atoms. The second-order valence-corrected chi connectivity index (χ2v) is 6.60. The quantitative estimate of drug-likeness (QED) is 0.835. The second-order valence-electron chi connectivity index (χ2n) is 5.85. The lowest BCUT2D eigenvalue weighted by Crippen LogP contribution is -2.38. The third kappa shape index (κ3) is 3.41. The van der Waals surface area contributed by atoms with Crippen LogP contribution >= 0.6 is 11.5 Å². The highest BCUT2D eigenvalue weighted by Crippen LogP contribution is 2.32. The summed E-state index contributed by atoms with van der Waals surface area (Å²) >= 11 is 1.15. The van der Waals surface area contributed by atoms with Crippen molar-refractivity contribution in [3.05, 3.63) is 22.3 Å². The maximum absolute atomic E-state index is 12.8. The van der Waals surface area contributed by atoms with Crippen molar-refractivity contribution < 1.29 is 9.32 Å². The molecule has 1 fully saturated rings. The molecule has 0 saturated carbocycles. The second kappa shape index (κ2) is 7.16. The molecule has 0 N–H and O–H groups in total. The SMILES string of the molecule is CCCCc1noc([C@@H]2CCCCN2C(=O)c2snnc2C)n1. The summed E-state index contributed by atoms with van der Waals surface area (Å²) in [6, 6.07) is -0.138. The molecule has 0 radical (unpaired) electrons. The van der Waals surface area contributed by atoms with Crippen LogP contribution in [-0.2, 0) is 6.42 Å². The Balaban J connectivity index is 1.80. The Morgan fingerprint density at radius 1 is 1.43 bits per heavy atom. The molecule has 2 aromatic heterocycles. The number of hydrogen-bond acceptors (Lipinski definition) is 7. The largest absolute Gasteiger partial charge is 0.337 e. The van der Waals surface area contributed by atoms with E-state index in [1.165, 1.54) is 0 Å². The Bertz CT molecular complexity index is 668. The third-order valence-electron chi connectivity index (χ3n) is 4.13. The summed E-state index contributed by atoms with van der Waals surface area (Å²) in [6.45, 7) is 4.65. The zero-order chi connectivity index (χ0) is 16.2. The zero-order valence-electron chi connectivity index (χ0n) is 13.5. The van der Waals surface area contributed by atoms with Gasteiger partial charge >= 0.3 is 0 Å². The number of carbonyl (C=O) groups excluding carboxylic acids is 1. The lowest BCUT2D eigenvalue weighted by molar-refractivity contribution is 0.0565. The summed E-state index contributed by atoms with van der Waals surface area (Å²) in [5, 5.41) is 7.99. The number of aryl methyl sites for hydroxylation is 2. The van der Waals surface area contributed by atoms with Crippen LogP contribution in [0.25, 0.3) is 0 Å². The van der Waals surface area contributed by atoms with Gasteiger partial charge in [-0.05, 0) is 44.1 Å². The number of nitrogens with zero attached hydrogens (tertiary/aromatic N) is 5. The van der Waals surface area contributed by atoms with Crippen molar-refractivity contribution in [1.29, 1.82) is 0 Å². The minimum Gasteiger partial charge on any atom is -0.337 e. The average Bonchev–Trinajstić information content (AvgIpc) is 3.21. The van der Waals surface area contributed by atoms with Gasteiger partial charge in [0.15, 0.2) is 5.82 Å². The summed E-state index contributed by atoms with van der Waals surface area (Å²) < 4.78 is 9.31. The van der Waals surface area contributed by atoms with E-state index in [2.05, 4.69) is 26.7 Å². The molecule has 3 heterocycles. The van der Waals surface area contributed by atoms with Crippen molar-refractivity contribution in [3.8, 4) is 0 Å². The van der Waals surface area contributed by atoms with Gasteiger partial charge in [0.25, 0.3) is 5.91 Å². The van der Waals surface area contributed by atoms with Crippen molar-refractivity contribution in [2.45, 2.75) is 58.4 Å². The minimum absolute atomic E-state index is 0.0319. The Kier molecular flexibility index (Phi) is 5.00. The molecule has 1 aliphatic heterocycles. The van der Waals surface area contributed by atoms with Crippen LogP contribution in [0.3, 0.4) is 0 Å². The van der Waals surface area contributed by atoms with E-state index in [9.17, 15) is 4.79 Å². The van der Waals surface area contributed by atoms with Crippen LogP contribution < -0.4 is 0 Å². The van der Waals surface area contributed by atoms with Gasteiger partial charge in [-0.3, -0.25) is 4.79 Å². The first kappa shape index (κ1) is 16.0. The molecule has 0 aromatic carbocycles. The van der Waals surface area contributed by atoms with Crippen LogP contribution in [0.5, 0.6) is 0 Å². The van der Waals surface area contributed by atoms with Gasteiger partial charge in [0.1, 0.15) is 10.9 Å². The predicted octanol–water partition coefficient (Wildman–Crippen LogP) is 2.94. The molecule has 1 amide bonds. The monoisotopic (exact) mass is 335 g/mol. The first-order chi connectivity index (χ1) is 11.2. The van der Waals surface area contributed by atoms with E-state index in [1.807, 2.05) is 11.8 Å². The molecule has 3 rings (SSSR count). The highest BCUT2D eigenvalue weighted by atomic mass is 32.1. The predicted molar refractivity (Wildman–Crippen MR) is 85.2 cm³/mol. The molecular formula is C15H21N5O2S. The van der Waals surface area contributed by atoms with Crippen LogP contribution in [0.15, 0.2) is 4.52 Å². The number of hydrogen-bond donors (Lipinski definition) is 0. The number of rotatable bonds is 5. The lowest BCUT2D eigenvalue weighted by Gasteiger charge is -2.33. The fraction of sp³-hybridized carbons (Fsp3) is 0.667. The molecule has 0 aliphatic carbocycles. The smallest absolute Gasteiger partial charge is 0.268 e. The van der Waals surface area contributed by atoms with Gasteiger partial charge in [-0.25, -0.2) is 0 Å². The molecule has 1 saturated heterocycles. The normalized spacial score (nSPS) is 18.3. The Morgan fingerprint density at radius 2 is 2.30 bits per heavy atom. The van der Waals surface area contributed by atoms with Gasteiger partial charge in [-0.1, -0.05) is 23.0 Å². The van der Waals surface area contributed by atoms with Crippen LogP contribution in [0.4, 0.5) is 0 Å². The molecule has 1 atom stereocenters. The van der Waals surface area contributed by atoms with E-state index in [0.29, 0.717) is 23.0 Å². The summed E-state index contributed by atoms with van der Waals surface area (Å²) in [4.78, 5) is 19.8. The third-order valence-corrected chi connectivity index (χ3v) is 4.95. The lowest BCUT2D eigenvalue weighted by atomic mass is 10.0. The number of unbranched alkanes of at least 4 members (excludes halogenated alkanes) is 1. The van der Waals surface area contributed by atoms with E-state index < -0.39 is 0 Å². The Labute approximate surface area is 139 Å². The molecule has 0 unspecified atom stereocenters. The molecule has 0 spiro atoms. The summed E-state index contributed by atoms with van der Waals surface area (Å²) in [6.07, 6.45) is 5.85. The van der Waals surface area contributed by atoms with Gasteiger partial charge in [0.05, 0.1) is 5.69 Å². The van der Waals surface area contributed by atoms with Crippen LogP contribution in [0.2, 0.25) is 0 Å². The van der Waals surface area contributed by atoms with E-state index in [4.69, 9.17) is 4.52 Å². The number of piperidine rings is 1. The van der Waals surface area contributed by atoms with Gasteiger partial charge in [-0.2, -0.15) is 4.98 Å². The van der Waals surface area contributed by atoms with E-state index >= 15 is 0 Å². The molecule has 2 aromatic rings. The first-order valence-corrected chi connectivity index (χ1v) is 8.90. The summed E-state index contributed by atoms with van der Waals surface area (Å²) in [5.41, 5.74) is 0.679. The molecule has 8 heteroatoms. The fourth-order valence-corrected chi connectivity index (χ4v) is 3.44. The van der Waals surface area contributed by atoms with E-state index in [0.717, 1.165) is 55.9 Å². The number of likely N-dealkylation sites (tertiary alicyclic amines) is 1. The van der Waals surface area contributed by atoms with Crippen molar-refractivity contribution in [1.82, 2.24) is 24.6 Å². The molecule has 1 aliphatic rings. The van der Waals surface area contributed by atoms with Gasteiger partial charge < -0.3 is 9.42 Å². The van der Waals surface area contributed by atoms with Crippen molar-refractivity contribution in [3.63, 3.8) is 0 Å². The maximum atomic E-state index is 12.8. The highest BCUT2D eigenvalue weighted by Gasteiger charge is 2.34. The van der Waals surface area contributed by atoms with Crippen molar-refractivity contribution >= 4 is 17.4 Å². The van der Waals surface area contributed by atoms with Crippen LogP contribution in [0.1, 0.15) is 72.2 Å². The topological polar surface area (TPSA) is 85.0 Å². The van der Waals surface area contributed by atoms with Crippen LogP contribution in [0, 0.1) is 6.92 Å². The average molecular weight is 335 g/mol. The van der Waals surface area contributed by atoms with E-state index in [-0.39, 0.29) is 11.9 Å². The Morgan fingerprint density at radius 3 is 3.04 bits per heavy atom. The number of amides is 1. The van der Waals surface area contributed by atoms with Gasteiger partial charge in [0.2, 0.25) is 5.89 Å². The van der Waals surface area contributed by atoms with Crippen LogP contribution in [-0.4, -0.2) is 37.1 Å². The standard InChI is InChI=1S/C15H21N5O2S/c1-3-4-8-12-16-14(22-18-12)11-7-5-6-9-20(11)15(21)13-10(2)17-19-23-13/h11H,3-9H2,1-2H3/t11-/m0/s1. The zero-order valence-corrected chi connectivity index (χ0v) is 14.3. The molecule has 124 valence electrons. The number of aromatic nitrogens is 4. The van der Waals surface area contributed by atoms with Crippen molar-refractivity contribution in [2.75, 3.05) is 6.54 Å². The van der Waals surface area contributed by atoms with Gasteiger partial charge in [-0.15, -0.1) is 5.10 Å². The first-order valence-electron chi connectivity index (χ1n) is 8.13. The van der Waals surface area contributed by atoms with E-state index in [1.54, 1.807) is 0 Å². The molecule has 7 nitrogen and oxygen atoms in total. The highest BCUT2D eigenvalue weighted by molar-refractivity contribution is 7.07. The summed E-state index contributed by atoms with van der Waals surface area (Å²) in [7, 11) is 0.